The Kier molecular flexibility index (Phi) is 3.70. The SMILES string of the molecule is C=C(c1cc(C)ccc1F)N(C)c1ccccc1C. The molecule has 0 N–H and O–H groups in total. The topological polar surface area (TPSA) is 3.24 Å². The third-order valence-corrected chi connectivity index (χ3v) is 3.31. The van der Waals surface area contributed by atoms with Gasteiger partial charge in [0.2, 0.25) is 0 Å². The Morgan fingerprint density at radius 1 is 1.11 bits per heavy atom. The molecule has 0 saturated carbocycles. The number of nitrogens with zero attached hydrogens (tertiary/aromatic N) is 1. The zero-order valence-corrected chi connectivity index (χ0v) is 11.6. The van der Waals surface area contributed by atoms with Crippen molar-refractivity contribution in [3.8, 4) is 0 Å². The number of hydrogen-bond acceptors (Lipinski definition) is 1. The van der Waals surface area contributed by atoms with Gasteiger partial charge >= 0.3 is 0 Å². The van der Waals surface area contributed by atoms with E-state index >= 15 is 0 Å². The summed E-state index contributed by atoms with van der Waals surface area (Å²) in [5, 5.41) is 0. The normalized spacial score (nSPS) is 10.3. The molecule has 0 atom stereocenters. The lowest BCUT2D eigenvalue weighted by Gasteiger charge is -2.24. The van der Waals surface area contributed by atoms with Gasteiger partial charge in [-0.1, -0.05) is 36.4 Å². The highest BCUT2D eigenvalue weighted by Gasteiger charge is 2.13. The average molecular weight is 255 g/mol. The molecule has 0 aliphatic heterocycles. The van der Waals surface area contributed by atoms with E-state index in [0.29, 0.717) is 11.3 Å². The van der Waals surface area contributed by atoms with Crippen molar-refractivity contribution in [2.45, 2.75) is 13.8 Å². The third kappa shape index (κ3) is 2.68. The third-order valence-electron chi connectivity index (χ3n) is 3.31. The van der Waals surface area contributed by atoms with Crippen molar-refractivity contribution in [1.82, 2.24) is 0 Å². The number of rotatable bonds is 3. The Morgan fingerprint density at radius 3 is 2.47 bits per heavy atom. The van der Waals surface area contributed by atoms with Crippen LogP contribution in [0.3, 0.4) is 0 Å². The van der Waals surface area contributed by atoms with E-state index < -0.39 is 0 Å². The van der Waals surface area contributed by atoms with Crippen LogP contribution < -0.4 is 4.90 Å². The summed E-state index contributed by atoms with van der Waals surface area (Å²) in [5.74, 6) is -0.240. The standard InChI is InChI=1S/C17H18FN/c1-12-9-10-16(18)15(11-12)14(3)19(4)17-8-6-5-7-13(17)2/h5-11H,3H2,1-2,4H3. The number of benzene rings is 2. The minimum atomic E-state index is -0.240. The van der Waals surface area contributed by atoms with Gasteiger partial charge in [0.15, 0.2) is 0 Å². The highest BCUT2D eigenvalue weighted by atomic mass is 19.1. The summed E-state index contributed by atoms with van der Waals surface area (Å²) in [4.78, 5) is 1.92. The second-order valence-electron chi connectivity index (χ2n) is 4.78. The monoisotopic (exact) mass is 255 g/mol. The van der Waals surface area contributed by atoms with Crippen LogP contribution in [0.25, 0.3) is 5.70 Å². The highest BCUT2D eigenvalue weighted by Crippen LogP contribution is 2.27. The lowest BCUT2D eigenvalue weighted by molar-refractivity contribution is 0.623. The number of aryl methyl sites for hydroxylation is 2. The summed E-state index contributed by atoms with van der Waals surface area (Å²) < 4.78 is 13.9. The van der Waals surface area contributed by atoms with Crippen molar-refractivity contribution < 1.29 is 4.39 Å². The molecule has 0 radical (unpaired) electrons. The lowest BCUT2D eigenvalue weighted by Crippen LogP contribution is -2.16. The molecule has 0 aliphatic rings. The molecule has 19 heavy (non-hydrogen) atoms. The van der Waals surface area contributed by atoms with Crippen LogP contribution in [-0.4, -0.2) is 7.05 Å². The molecule has 0 fully saturated rings. The first-order chi connectivity index (χ1) is 9.00. The first-order valence-electron chi connectivity index (χ1n) is 6.25. The second-order valence-corrected chi connectivity index (χ2v) is 4.78. The van der Waals surface area contributed by atoms with Gasteiger partial charge in [-0.05, 0) is 37.6 Å². The molecule has 0 bridgehead atoms. The van der Waals surface area contributed by atoms with Crippen LogP contribution in [-0.2, 0) is 0 Å². The summed E-state index contributed by atoms with van der Waals surface area (Å²) in [5.41, 5.74) is 4.41. The molecule has 0 amide bonds. The van der Waals surface area contributed by atoms with Crippen molar-refractivity contribution in [1.29, 1.82) is 0 Å². The minimum Gasteiger partial charge on any atom is -0.344 e. The second kappa shape index (κ2) is 5.27. The summed E-state index contributed by atoms with van der Waals surface area (Å²) >= 11 is 0. The number of para-hydroxylation sites is 1. The van der Waals surface area contributed by atoms with E-state index in [9.17, 15) is 4.39 Å². The van der Waals surface area contributed by atoms with E-state index in [-0.39, 0.29) is 5.82 Å². The molecular weight excluding hydrogens is 237 g/mol. The summed E-state index contributed by atoms with van der Waals surface area (Å²) in [6.45, 7) is 8.01. The molecule has 98 valence electrons. The van der Waals surface area contributed by atoms with Gasteiger partial charge in [0.05, 0.1) is 0 Å². The van der Waals surface area contributed by atoms with E-state index in [1.54, 1.807) is 6.07 Å². The van der Waals surface area contributed by atoms with Crippen molar-refractivity contribution >= 4 is 11.4 Å². The molecule has 2 rings (SSSR count). The van der Waals surface area contributed by atoms with Gasteiger partial charge in [-0.25, -0.2) is 4.39 Å². The maximum atomic E-state index is 13.9. The van der Waals surface area contributed by atoms with Crippen molar-refractivity contribution in [2.24, 2.45) is 0 Å². The highest BCUT2D eigenvalue weighted by molar-refractivity contribution is 5.79. The Labute approximate surface area is 114 Å². The van der Waals surface area contributed by atoms with E-state index in [1.165, 1.54) is 6.07 Å². The van der Waals surface area contributed by atoms with E-state index in [4.69, 9.17) is 0 Å². The number of hydrogen-bond donors (Lipinski definition) is 0. The van der Waals surface area contributed by atoms with Gasteiger partial charge in [-0.2, -0.15) is 0 Å². The number of halogens is 1. The molecule has 2 aromatic rings. The summed E-state index contributed by atoms with van der Waals surface area (Å²) in [6, 6.07) is 13.1. The smallest absolute Gasteiger partial charge is 0.132 e. The molecule has 0 aromatic heterocycles. The van der Waals surface area contributed by atoms with Crippen molar-refractivity contribution in [3.05, 3.63) is 71.6 Å². The molecular formula is C17H18FN. The van der Waals surface area contributed by atoms with E-state index in [0.717, 1.165) is 16.8 Å². The summed E-state index contributed by atoms with van der Waals surface area (Å²) in [6.07, 6.45) is 0. The van der Waals surface area contributed by atoms with Crippen LogP contribution in [0.15, 0.2) is 49.0 Å². The number of anilines is 1. The van der Waals surface area contributed by atoms with Gasteiger partial charge in [0, 0.05) is 24.0 Å². The van der Waals surface area contributed by atoms with E-state index in [2.05, 4.69) is 6.58 Å². The molecule has 2 heteroatoms. The molecule has 0 unspecified atom stereocenters. The Morgan fingerprint density at radius 2 is 1.79 bits per heavy atom. The van der Waals surface area contributed by atoms with Crippen LogP contribution in [0, 0.1) is 19.7 Å². The Bertz CT molecular complexity index is 616. The van der Waals surface area contributed by atoms with Gasteiger partial charge in [0.1, 0.15) is 5.82 Å². The van der Waals surface area contributed by atoms with Crippen molar-refractivity contribution in [2.75, 3.05) is 11.9 Å². The minimum absolute atomic E-state index is 0.240. The fraction of sp³-hybridized carbons (Fsp3) is 0.176. The zero-order valence-electron chi connectivity index (χ0n) is 11.6. The zero-order chi connectivity index (χ0) is 14.0. The van der Waals surface area contributed by atoms with Crippen LogP contribution in [0.2, 0.25) is 0 Å². The fourth-order valence-electron chi connectivity index (χ4n) is 2.13. The maximum absolute atomic E-state index is 13.9. The predicted octanol–water partition coefficient (Wildman–Crippen LogP) is 4.55. The predicted molar refractivity (Wildman–Crippen MR) is 79.8 cm³/mol. The molecule has 0 heterocycles. The van der Waals surface area contributed by atoms with Crippen LogP contribution in [0.4, 0.5) is 10.1 Å². The quantitative estimate of drug-likeness (QED) is 0.777. The average Bonchev–Trinajstić information content (AvgIpc) is 2.40. The summed E-state index contributed by atoms with van der Waals surface area (Å²) in [7, 11) is 1.91. The molecule has 0 saturated heterocycles. The molecule has 0 spiro atoms. The van der Waals surface area contributed by atoms with E-state index in [1.807, 2.05) is 56.1 Å². The van der Waals surface area contributed by atoms with Crippen LogP contribution in [0.5, 0.6) is 0 Å². The Hall–Kier alpha value is -2.09. The van der Waals surface area contributed by atoms with Gasteiger partial charge in [-0.15, -0.1) is 0 Å². The van der Waals surface area contributed by atoms with Crippen molar-refractivity contribution in [3.63, 3.8) is 0 Å². The van der Waals surface area contributed by atoms with Gasteiger partial charge in [-0.3, -0.25) is 0 Å². The maximum Gasteiger partial charge on any atom is 0.132 e. The molecule has 0 aliphatic carbocycles. The largest absolute Gasteiger partial charge is 0.344 e. The van der Waals surface area contributed by atoms with Gasteiger partial charge in [0.25, 0.3) is 0 Å². The van der Waals surface area contributed by atoms with Crippen LogP contribution in [0.1, 0.15) is 16.7 Å². The molecule has 1 nitrogen and oxygen atoms in total. The molecule has 2 aromatic carbocycles. The lowest BCUT2D eigenvalue weighted by atomic mass is 10.1. The van der Waals surface area contributed by atoms with Gasteiger partial charge < -0.3 is 4.90 Å². The fourth-order valence-corrected chi connectivity index (χ4v) is 2.13. The Balaban J connectivity index is 2.39. The first kappa shape index (κ1) is 13.3. The van der Waals surface area contributed by atoms with Crippen LogP contribution >= 0.6 is 0 Å². The first-order valence-corrected chi connectivity index (χ1v) is 6.25.